The van der Waals surface area contributed by atoms with Gasteiger partial charge in [0, 0.05) is 6.26 Å². The summed E-state index contributed by atoms with van der Waals surface area (Å²) in [4.78, 5) is 0.708. The van der Waals surface area contributed by atoms with Crippen molar-refractivity contribution in [2.45, 2.75) is 6.92 Å². The molecule has 0 aliphatic heterocycles. The zero-order valence-electron chi connectivity index (χ0n) is 4.52. The fraction of sp³-hybridized carbons (Fsp3) is 0.400. The summed E-state index contributed by atoms with van der Waals surface area (Å²) in [6.45, 7) is 5.07. The molecule has 0 aliphatic carbocycles. The van der Waals surface area contributed by atoms with Crippen molar-refractivity contribution < 1.29 is 4.21 Å². The highest BCUT2D eigenvalue weighted by Crippen LogP contribution is 1.90. The summed E-state index contributed by atoms with van der Waals surface area (Å²) >= 11 is 0. The molecule has 0 saturated carbocycles. The molecule has 1 atom stereocenters. The van der Waals surface area contributed by atoms with Gasteiger partial charge >= 0.3 is 0 Å². The Morgan fingerprint density at radius 2 is 2.29 bits per heavy atom. The molecule has 40 valence electrons. The molecule has 0 heterocycles. The van der Waals surface area contributed by atoms with Crippen LogP contribution in [0.2, 0.25) is 0 Å². The number of hydrogen-bond acceptors (Lipinski definition) is 1. The molecule has 1 unspecified atom stereocenters. The molecule has 0 bridgehead atoms. The molecule has 0 aromatic carbocycles. The highest BCUT2D eigenvalue weighted by molar-refractivity contribution is 7.88. The number of hydrogen-bond donors (Lipinski definition) is 0. The van der Waals surface area contributed by atoms with E-state index in [9.17, 15) is 4.21 Å². The maximum atomic E-state index is 10.3. The van der Waals surface area contributed by atoms with Gasteiger partial charge in [0.25, 0.3) is 0 Å². The van der Waals surface area contributed by atoms with E-state index in [4.69, 9.17) is 0 Å². The third kappa shape index (κ3) is 2.38. The zero-order chi connectivity index (χ0) is 5.86. The van der Waals surface area contributed by atoms with Gasteiger partial charge in [-0.2, -0.15) is 0 Å². The van der Waals surface area contributed by atoms with E-state index in [2.05, 4.69) is 12.3 Å². The summed E-state index contributed by atoms with van der Waals surface area (Å²) in [6.07, 6.45) is 1.60. The van der Waals surface area contributed by atoms with Crippen LogP contribution in [0.1, 0.15) is 6.92 Å². The summed E-state index contributed by atoms with van der Waals surface area (Å²) < 4.78 is 10.3. The molecule has 0 amide bonds. The Morgan fingerprint density at radius 1 is 1.86 bits per heavy atom. The Labute approximate surface area is 46.2 Å². The van der Waals surface area contributed by atoms with Gasteiger partial charge in [-0.3, -0.25) is 4.21 Å². The minimum Gasteiger partial charge on any atom is -0.254 e. The van der Waals surface area contributed by atoms with Crippen LogP contribution in [-0.4, -0.2) is 10.5 Å². The molecule has 0 aliphatic rings. The van der Waals surface area contributed by atoms with Gasteiger partial charge in [0.15, 0.2) is 0 Å². The Balaban J connectivity index is 4.10. The van der Waals surface area contributed by atoms with E-state index in [0.29, 0.717) is 4.91 Å². The van der Waals surface area contributed by atoms with Crippen LogP contribution in [0.3, 0.4) is 0 Å². The topological polar surface area (TPSA) is 17.1 Å². The van der Waals surface area contributed by atoms with Crippen molar-refractivity contribution in [2.24, 2.45) is 0 Å². The van der Waals surface area contributed by atoms with E-state index in [1.54, 1.807) is 13.2 Å². The molecule has 0 saturated heterocycles. The number of rotatable bonds is 1. The van der Waals surface area contributed by atoms with Crippen molar-refractivity contribution in [2.75, 3.05) is 6.26 Å². The fourth-order valence-corrected chi connectivity index (χ4v) is 0.305. The average molecular weight is 116 g/mol. The molecular formula is C5H8OS. The molecule has 0 N–H and O–H groups in total. The minimum absolute atomic E-state index is 0.708. The van der Waals surface area contributed by atoms with Crippen molar-refractivity contribution >= 4 is 10.8 Å². The molecular weight excluding hydrogens is 108 g/mol. The second-order valence-electron chi connectivity index (χ2n) is 1.19. The van der Waals surface area contributed by atoms with Gasteiger partial charge < -0.3 is 0 Å². The van der Waals surface area contributed by atoms with Gasteiger partial charge in [0.05, 0.1) is 15.7 Å². The van der Waals surface area contributed by atoms with Crippen LogP contribution in [-0.2, 0) is 10.8 Å². The summed E-state index contributed by atoms with van der Waals surface area (Å²) in [5.74, 6) is 0. The van der Waals surface area contributed by atoms with Crippen LogP contribution in [0.15, 0.2) is 17.2 Å². The van der Waals surface area contributed by atoms with E-state index in [1.807, 2.05) is 0 Å². The van der Waals surface area contributed by atoms with Crippen molar-refractivity contribution in [1.29, 1.82) is 0 Å². The lowest BCUT2D eigenvalue weighted by Crippen LogP contribution is -1.81. The molecule has 0 radical (unpaired) electrons. The van der Waals surface area contributed by atoms with Crippen LogP contribution >= 0.6 is 0 Å². The molecule has 0 aromatic rings. The molecule has 0 aromatic heterocycles. The van der Waals surface area contributed by atoms with Gasteiger partial charge in [0.1, 0.15) is 0 Å². The fourth-order valence-electron chi connectivity index (χ4n) is 0.102. The van der Waals surface area contributed by atoms with Crippen molar-refractivity contribution in [1.82, 2.24) is 0 Å². The van der Waals surface area contributed by atoms with Crippen molar-refractivity contribution in [3.8, 4) is 0 Å². The number of allylic oxidation sites excluding steroid dienone is 1. The Hall–Kier alpha value is -0.330. The zero-order valence-corrected chi connectivity index (χ0v) is 5.34. The summed E-state index contributed by atoms with van der Waals surface area (Å²) in [6, 6.07) is 0. The van der Waals surface area contributed by atoms with Crippen LogP contribution in [0, 0.1) is 0 Å². The van der Waals surface area contributed by atoms with Gasteiger partial charge in [0.2, 0.25) is 0 Å². The second kappa shape index (κ2) is 2.78. The van der Waals surface area contributed by atoms with Crippen molar-refractivity contribution in [3.05, 3.63) is 17.2 Å². The highest BCUT2D eigenvalue weighted by Gasteiger charge is 1.86. The molecule has 0 fully saturated rings. The quantitative estimate of drug-likeness (QED) is 0.468. The summed E-state index contributed by atoms with van der Waals surface area (Å²) in [5, 5.41) is 0. The molecule has 1 nitrogen and oxygen atoms in total. The Bertz CT molecular complexity index is 131. The third-order valence-corrected chi connectivity index (χ3v) is 1.69. The van der Waals surface area contributed by atoms with Gasteiger partial charge in [-0.05, 0) is 6.92 Å². The Morgan fingerprint density at radius 3 is 2.29 bits per heavy atom. The van der Waals surface area contributed by atoms with Crippen LogP contribution in [0.5, 0.6) is 0 Å². The molecule has 2 heteroatoms. The monoisotopic (exact) mass is 116 g/mol. The van der Waals surface area contributed by atoms with E-state index in [0.717, 1.165) is 0 Å². The first-order valence-corrected chi connectivity index (χ1v) is 3.44. The maximum Gasteiger partial charge on any atom is 0.0540 e. The smallest absolute Gasteiger partial charge is 0.0540 e. The first-order chi connectivity index (χ1) is 3.18. The average Bonchev–Trinajstić information content (AvgIpc) is 1.65. The van der Waals surface area contributed by atoms with Gasteiger partial charge in [-0.15, -0.1) is 5.73 Å². The predicted molar refractivity (Wildman–Crippen MR) is 32.4 cm³/mol. The first-order valence-electron chi connectivity index (χ1n) is 1.88. The van der Waals surface area contributed by atoms with E-state index >= 15 is 0 Å². The van der Waals surface area contributed by atoms with E-state index in [1.165, 1.54) is 0 Å². The minimum atomic E-state index is -0.867. The highest BCUT2D eigenvalue weighted by atomic mass is 32.2. The lowest BCUT2D eigenvalue weighted by Gasteiger charge is -1.83. The maximum absolute atomic E-state index is 10.3. The van der Waals surface area contributed by atoms with Crippen molar-refractivity contribution in [3.63, 3.8) is 0 Å². The standard InChI is InChI=1S/C5H8OS/c1-4-5(2)7(3)6/h1H2,2-3H3. The van der Waals surface area contributed by atoms with Gasteiger partial charge in [-0.25, -0.2) is 0 Å². The lowest BCUT2D eigenvalue weighted by molar-refractivity contribution is 0.690. The molecule has 7 heavy (non-hydrogen) atoms. The summed E-state index contributed by atoms with van der Waals surface area (Å²) in [7, 11) is -0.867. The SMILES string of the molecule is C=C=C(C)S(C)=O. The molecule has 0 spiro atoms. The van der Waals surface area contributed by atoms with Crippen LogP contribution in [0.4, 0.5) is 0 Å². The van der Waals surface area contributed by atoms with Crippen LogP contribution < -0.4 is 0 Å². The normalized spacial score (nSPS) is 12.3. The van der Waals surface area contributed by atoms with E-state index in [-0.39, 0.29) is 0 Å². The largest absolute Gasteiger partial charge is 0.254 e. The molecule has 0 rings (SSSR count). The second-order valence-corrected chi connectivity index (χ2v) is 2.71. The third-order valence-electron chi connectivity index (χ3n) is 0.680. The van der Waals surface area contributed by atoms with Crippen LogP contribution in [0.25, 0.3) is 0 Å². The first kappa shape index (κ1) is 6.67. The predicted octanol–water partition coefficient (Wildman–Crippen LogP) is 1.05. The summed E-state index contributed by atoms with van der Waals surface area (Å²) in [5.41, 5.74) is 2.53. The lowest BCUT2D eigenvalue weighted by atomic mass is 10.7. The van der Waals surface area contributed by atoms with E-state index < -0.39 is 10.8 Å². The van der Waals surface area contributed by atoms with Gasteiger partial charge in [-0.1, -0.05) is 6.58 Å². The Kier molecular flexibility index (Phi) is 2.65.